The van der Waals surface area contributed by atoms with Gasteiger partial charge in [-0.15, -0.1) is 0 Å². The summed E-state index contributed by atoms with van der Waals surface area (Å²) in [6, 6.07) is 0. The second kappa shape index (κ2) is 3.35. The molecule has 0 bridgehead atoms. The molecular weight excluding hydrogens is 151 g/mol. The van der Waals surface area contributed by atoms with Crippen LogP contribution in [0.2, 0.25) is 0 Å². The molecule has 0 nitrogen and oxygen atoms in total. The standard InChI is InChI=1S/C11H21F/c1-8-5-6-10(12)11(3,4)9(2)7-8/h8-10H,5-7H2,1-4H3. The van der Waals surface area contributed by atoms with E-state index in [4.69, 9.17) is 0 Å². The van der Waals surface area contributed by atoms with Crippen LogP contribution in [0.1, 0.15) is 47.0 Å². The fourth-order valence-electron chi connectivity index (χ4n) is 2.14. The molecule has 3 unspecified atom stereocenters. The van der Waals surface area contributed by atoms with Gasteiger partial charge in [0.2, 0.25) is 0 Å². The Bertz CT molecular complexity index is 151. The first kappa shape index (κ1) is 10.0. The van der Waals surface area contributed by atoms with E-state index in [0.29, 0.717) is 11.8 Å². The molecule has 3 atom stereocenters. The topological polar surface area (TPSA) is 0 Å². The van der Waals surface area contributed by atoms with Crippen LogP contribution in [0.4, 0.5) is 4.39 Å². The summed E-state index contributed by atoms with van der Waals surface area (Å²) < 4.78 is 13.6. The van der Waals surface area contributed by atoms with E-state index >= 15 is 0 Å². The first-order chi connectivity index (χ1) is 5.44. The smallest absolute Gasteiger partial charge is 0.105 e. The van der Waals surface area contributed by atoms with Crippen molar-refractivity contribution >= 4 is 0 Å². The fourth-order valence-corrected chi connectivity index (χ4v) is 2.14. The van der Waals surface area contributed by atoms with Gasteiger partial charge in [-0.05, 0) is 36.5 Å². The van der Waals surface area contributed by atoms with Crippen LogP contribution in [0, 0.1) is 17.3 Å². The van der Waals surface area contributed by atoms with Crippen LogP contribution in [0.15, 0.2) is 0 Å². The van der Waals surface area contributed by atoms with Crippen LogP contribution in [0.5, 0.6) is 0 Å². The molecule has 1 fully saturated rings. The molecule has 12 heavy (non-hydrogen) atoms. The van der Waals surface area contributed by atoms with Gasteiger partial charge in [0.15, 0.2) is 0 Å². The summed E-state index contributed by atoms with van der Waals surface area (Å²) in [6.45, 7) is 8.57. The van der Waals surface area contributed by atoms with Crippen molar-refractivity contribution in [1.29, 1.82) is 0 Å². The first-order valence-corrected chi connectivity index (χ1v) is 5.08. The van der Waals surface area contributed by atoms with Gasteiger partial charge in [0.05, 0.1) is 0 Å². The minimum atomic E-state index is -0.600. The van der Waals surface area contributed by atoms with E-state index in [2.05, 4.69) is 27.7 Å². The average Bonchev–Trinajstić information content (AvgIpc) is 2.04. The zero-order valence-corrected chi connectivity index (χ0v) is 8.73. The number of alkyl halides is 1. The van der Waals surface area contributed by atoms with Crippen molar-refractivity contribution in [3.8, 4) is 0 Å². The van der Waals surface area contributed by atoms with Crippen LogP contribution in [-0.4, -0.2) is 6.17 Å². The maximum Gasteiger partial charge on any atom is 0.105 e. The van der Waals surface area contributed by atoms with E-state index in [9.17, 15) is 4.39 Å². The Morgan fingerprint density at radius 3 is 2.33 bits per heavy atom. The molecule has 0 aromatic carbocycles. The van der Waals surface area contributed by atoms with Gasteiger partial charge in [-0.3, -0.25) is 0 Å². The number of hydrogen-bond donors (Lipinski definition) is 0. The fraction of sp³-hybridized carbons (Fsp3) is 1.00. The molecule has 0 saturated heterocycles. The molecule has 0 heterocycles. The van der Waals surface area contributed by atoms with Crippen molar-refractivity contribution in [2.45, 2.75) is 53.1 Å². The predicted molar refractivity (Wildman–Crippen MR) is 50.9 cm³/mol. The highest BCUT2D eigenvalue weighted by Gasteiger charge is 2.37. The molecule has 0 N–H and O–H groups in total. The molecule has 1 heteroatoms. The van der Waals surface area contributed by atoms with E-state index in [1.54, 1.807) is 0 Å². The summed E-state index contributed by atoms with van der Waals surface area (Å²) >= 11 is 0. The Kier molecular flexibility index (Phi) is 2.80. The first-order valence-electron chi connectivity index (χ1n) is 5.08. The summed E-state index contributed by atoms with van der Waals surface area (Å²) in [6.07, 6.45) is 2.42. The molecule has 0 aromatic heterocycles. The molecular formula is C11H21F. The summed E-state index contributed by atoms with van der Waals surface area (Å²) in [7, 11) is 0. The van der Waals surface area contributed by atoms with Gasteiger partial charge in [0, 0.05) is 0 Å². The molecule has 1 rings (SSSR count). The maximum atomic E-state index is 13.6. The van der Waals surface area contributed by atoms with Crippen molar-refractivity contribution in [3.63, 3.8) is 0 Å². The maximum absolute atomic E-state index is 13.6. The highest BCUT2D eigenvalue weighted by atomic mass is 19.1. The summed E-state index contributed by atoms with van der Waals surface area (Å²) in [5.41, 5.74) is -0.106. The Hall–Kier alpha value is -0.0700. The largest absolute Gasteiger partial charge is 0.247 e. The van der Waals surface area contributed by atoms with Crippen LogP contribution < -0.4 is 0 Å². The van der Waals surface area contributed by atoms with Crippen molar-refractivity contribution in [2.75, 3.05) is 0 Å². The second-order valence-electron chi connectivity index (χ2n) is 5.11. The second-order valence-corrected chi connectivity index (χ2v) is 5.11. The lowest BCUT2D eigenvalue weighted by atomic mass is 9.74. The van der Waals surface area contributed by atoms with Crippen molar-refractivity contribution in [3.05, 3.63) is 0 Å². The summed E-state index contributed by atoms with van der Waals surface area (Å²) in [4.78, 5) is 0. The third-order valence-electron chi connectivity index (χ3n) is 3.75. The van der Waals surface area contributed by atoms with E-state index in [-0.39, 0.29) is 5.41 Å². The number of hydrogen-bond acceptors (Lipinski definition) is 0. The van der Waals surface area contributed by atoms with Gasteiger partial charge < -0.3 is 0 Å². The van der Waals surface area contributed by atoms with Crippen LogP contribution in [0.25, 0.3) is 0 Å². The van der Waals surface area contributed by atoms with Crippen molar-refractivity contribution in [2.24, 2.45) is 17.3 Å². The predicted octanol–water partition coefficient (Wildman–Crippen LogP) is 3.81. The van der Waals surface area contributed by atoms with Gasteiger partial charge in [-0.25, -0.2) is 4.39 Å². The van der Waals surface area contributed by atoms with Crippen LogP contribution in [0.3, 0.4) is 0 Å². The molecule has 0 aromatic rings. The zero-order valence-electron chi connectivity index (χ0n) is 8.73. The molecule has 0 radical (unpaired) electrons. The summed E-state index contributed by atoms with van der Waals surface area (Å²) in [5.74, 6) is 1.23. The minimum Gasteiger partial charge on any atom is -0.247 e. The lowest BCUT2D eigenvalue weighted by Crippen LogP contribution is -2.30. The molecule has 0 amide bonds. The van der Waals surface area contributed by atoms with Gasteiger partial charge in [-0.1, -0.05) is 27.7 Å². The van der Waals surface area contributed by atoms with Gasteiger partial charge >= 0.3 is 0 Å². The molecule has 1 saturated carbocycles. The number of rotatable bonds is 0. The SMILES string of the molecule is CC1CCC(F)C(C)(C)C(C)C1. The van der Waals surface area contributed by atoms with Gasteiger partial charge in [0.1, 0.15) is 6.17 Å². The highest BCUT2D eigenvalue weighted by molar-refractivity contribution is 4.87. The molecule has 0 spiro atoms. The van der Waals surface area contributed by atoms with E-state index in [1.807, 2.05) is 0 Å². The Morgan fingerprint density at radius 1 is 1.17 bits per heavy atom. The van der Waals surface area contributed by atoms with Crippen molar-refractivity contribution in [1.82, 2.24) is 0 Å². The number of halogens is 1. The monoisotopic (exact) mass is 172 g/mol. The summed E-state index contributed by atoms with van der Waals surface area (Å²) in [5, 5.41) is 0. The third kappa shape index (κ3) is 1.81. The van der Waals surface area contributed by atoms with E-state index in [1.165, 1.54) is 6.42 Å². The van der Waals surface area contributed by atoms with E-state index in [0.717, 1.165) is 12.8 Å². The average molecular weight is 172 g/mol. The van der Waals surface area contributed by atoms with E-state index < -0.39 is 6.17 Å². The van der Waals surface area contributed by atoms with Crippen LogP contribution in [-0.2, 0) is 0 Å². The molecule has 0 aliphatic heterocycles. The van der Waals surface area contributed by atoms with Crippen molar-refractivity contribution < 1.29 is 4.39 Å². The Balaban J connectivity index is 2.72. The Morgan fingerprint density at radius 2 is 1.75 bits per heavy atom. The van der Waals surface area contributed by atoms with Crippen LogP contribution >= 0.6 is 0 Å². The lowest BCUT2D eigenvalue weighted by Gasteiger charge is -2.33. The molecule has 1 aliphatic rings. The molecule has 72 valence electrons. The third-order valence-corrected chi connectivity index (χ3v) is 3.75. The molecule has 1 aliphatic carbocycles. The van der Waals surface area contributed by atoms with Gasteiger partial charge in [-0.2, -0.15) is 0 Å². The Labute approximate surface area is 75.5 Å². The minimum absolute atomic E-state index is 0.106. The zero-order chi connectivity index (χ0) is 9.35. The lowest BCUT2D eigenvalue weighted by molar-refractivity contribution is 0.0856. The van der Waals surface area contributed by atoms with Gasteiger partial charge in [0.25, 0.3) is 0 Å². The highest BCUT2D eigenvalue weighted by Crippen LogP contribution is 2.42. The normalized spacial score (nSPS) is 42.2. The quantitative estimate of drug-likeness (QED) is 0.487.